The van der Waals surface area contributed by atoms with Gasteiger partial charge in [-0.25, -0.2) is 4.68 Å². The molecule has 2 aliphatic rings. The van der Waals surface area contributed by atoms with Crippen LogP contribution in [0.2, 0.25) is 0 Å². The molecule has 1 atom stereocenters. The second-order valence-corrected chi connectivity index (χ2v) is 8.19. The first-order valence-corrected chi connectivity index (χ1v) is 10.4. The molecule has 1 N–H and O–H groups in total. The summed E-state index contributed by atoms with van der Waals surface area (Å²) >= 11 is 1.67. The number of nitrogens with zero attached hydrogens (tertiary/aromatic N) is 2. The first-order chi connectivity index (χ1) is 12.7. The Kier molecular flexibility index (Phi) is 4.94. The molecule has 6 heteroatoms. The zero-order chi connectivity index (χ0) is 18.1. The van der Waals surface area contributed by atoms with Crippen molar-refractivity contribution in [2.24, 2.45) is 0 Å². The Labute approximate surface area is 158 Å². The first kappa shape index (κ1) is 17.5. The molecule has 1 amide bonds. The fourth-order valence-electron chi connectivity index (χ4n) is 4.04. The van der Waals surface area contributed by atoms with Crippen molar-refractivity contribution in [3.05, 3.63) is 41.1 Å². The van der Waals surface area contributed by atoms with Crippen molar-refractivity contribution in [2.45, 2.75) is 50.3 Å². The number of aryl methyl sites for hydroxylation is 1. The lowest BCUT2D eigenvalue weighted by Crippen LogP contribution is -2.20. The third-order valence-electron chi connectivity index (χ3n) is 5.37. The number of rotatable bonds is 3. The van der Waals surface area contributed by atoms with Gasteiger partial charge in [0.25, 0.3) is 0 Å². The van der Waals surface area contributed by atoms with Crippen LogP contribution >= 0.6 is 11.8 Å². The van der Waals surface area contributed by atoms with Gasteiger partial charge < -0.3 is 10.1 Å². The van der Waals surface area contributed by atoms with Gasteiger partial charge in [0.05, 0.1) is 29.8 Å². The van der Waals surface area contributed by atoms with E-state index in [1.807, 2.05) is 12.1 Å². The zero-order valence-corrected chi connectivity index (χ0v) is 16.1. The van der Waals surface area contributed by atoms with Crippen molar-refractivity contribution in [3.63, 3.8) is 0 Å². The Morgan fingerprint density at radius 3 is 2.62 bits per heavy atom. The van der Waals surface area contributed by atoms with Crippen LogP contribution in [0.1, 0.15) is 60.2 Å². The van der Waals surface area contributed by atoms with E-state index in [0.29, 0.717) is 11.8 Å². The van der Waals surface area contributed by atoms with E-state index < -0.39 is 0 Å². The second kappa shape index (κ2) is 7.35. The highest BCUT2D eigenvalue weighted by Crippen LogP contribution is 2.45. The van der Waals surface area contributed by atoms with Crippen molar-refractivity contribution in [2.75, 3.05) is 18.2 Å². The standard InChI is InChI=1S/C20H25N3O2S/c1-13-18-19(14-8-10-16(25-2)11-9-14)26-12-17(24)21-20(18)23(22-13)15-6-4-3-5-7-15/h8-11,15,19H,3-7,12H2,1-2H3,(H,21,24)/t19-/m1/s1. The van der Waals surface area contributed by atoms with Gasteiger partial charge in [-0.15, -0.1) is 11.8 Å². The van der Waals surface area contributed by atoms with E-state index in [0.717, 1.165) is 35.7 Å². The average molecular weight is 372 g/mol. The predicted molar refractivity (Wildman–Crippen MR) is 105 cm³/mol. The number of aromatic nitrogens is 2. The van der Waals surface area contributed by atoms with E-state index in [9.17, 15) is 4.79 Å². The van der Waals surface area contributed by atoms with Crippen LogP contribution in [-0.2, 0) is 4.79 Å². The summed E-state index contributed by atoms with van der Waals surface area (Å²) in [4.78, 5) is 12.4. The molecular weight excluding hydrogens is 346 g/mol. The lowest BCUT2D eigenvalue weighted by molar-refractivity contribution is -0.113. The second-order valence-electron chi connectivity index (χ2n) is 7.10. The molecule has 0 bridgehead atoms. The maximum Gasteiger partial charge on any atom is 0.235 e. The van der Waals surface area contributed by atoms with Gasteiger partial charge in [0.2, 0.25) is 5.91 Å². The van der Waals surface area contributed by atoms with Gasteiger partial charge in [-0.05, 0) is 37.5 Å². The van der Waals surface area contributed by atoms with Crippen LogP contribution < -0.4 is 10.1 Å². The number of fused-ring (bicyclic) bond motifs is 1. The van der Waals surface area contributed by atoms with Crippen LogP contribution in [0.25, 0.3) is 0 Å². The molecule has 4 rings (SSSR count). The Bertz CT molecular complexity index is 794. The Hall–Kier alpha value is -1.95. The van der Waals surface area contributed by atoms with E-state index in [1.165, 1.54) is 24.8 Å². The summed E-state index contributed by atoms with van der Waals surface area (Å²) in [6.45, 7) is 2.06. The van der Waals surface area contributed by atoms with Gasteiger partial charge in [-0.2, -0.15) is 5.10 Å². The number of hydrogen-bond acceptors (Lipinski definition) is 4. The molecule has 138 valence electrons. The van der Waals surface area contributed by atoms with Crippen LogP contribution in [0.5, 0.6) is 5.75 Å². The molecule has 2 aromatic rings. The number of ether oxygens (including phenoxy) is 1. The number of thioether (sulfide) groups is 1. The number of amides is 1. The SMILES string of the molecule is COc1ccc([C@H]2SCC(=O)Nc3c2c(C)nn3C2CCCCC2)cc1. The molecule has 0 spiro atoms. The summed E-state index contributed by atoms with van der Waals surface area (Å²) in [5.74, 6) is 2.26. The average Bonchev–Trinajstić information content (AvgIpc) is 2.88. The summed E-state index contributed by atoms with van der Waals surface area (Å²) in [6, 6.07) is 8.54. The monoisotopic (exact) mass is 371 g/mol. The van der Waals surface area contributed by atoms with Crippen LogP contribution in [0.4, 0.5) is 5.82 Å². The molecular formula is C20H25N3O2S. The van der Waals surface area contributed by atoms with Gasteiger partial charge >= 0.3 is 0 Å². The van der Waals surface area contributed by atoms with Gasteiger partial charge in [-0.3, -0.25) is 4.79 Å². The number of carbonyl (C=O) groups is 1. The van der Waals surface area contributed by atoms with E-state index in [-0.39, 0.29) is 11.2 Å². The highest BCUT2D eigenvalue weighted by atomic mass is 32.2. The highest BCUT2D eigenvalue weighted by molar-refractivity contribution is 8.00. The molecule has 0 saturated heterocycles. The highest BCUT2D eigenvalue weighted by Gasteiger charge is 2.32. The van der Waals surface area contributed by atoms with E-state index in [2.05, 4.69) is 29.1 Å². The van der Waals surface area contributed by atoms with Gasteiger partial charge in [0.1, 0.15) is 11.6 Å². The molecule has 2 heterocycles. The predicted octanol–water partition coefficient (Wildman–Crippen LogP) is 4.48. The fourth-order valence-corrected chi connectivity index (χ4v) is 5.23. The Balaban J connectivity index is 1.77. The third kappa shape index (κ3) is 3.22. The van der Waals surface area contributed by atoms with E-state index in [1.54, 1.807) is 18.9 Å². The molecule has 1 saturated carbocycles. The Morgan fingerprint density at radius 1 is 1.19 bits per heavy atom. The molecule has 1 fully saturated rings. The molecule has 1 aliphatic carbocycles. The number of carbonyl (C=O) groups excluding carboxylic acids is 1. The van der Waals surface area contributed by atoms with Crippen LogP contribution in [-0.4, -0.2) is 28.6 Å². The van der Waals surface area contributed by atoms with E-state index in [4.69, 9.17) is 9.84 Å². The minimum Gasteiger partial charge on any atom is -0.497 e. The summed E-state index contributed by atoms with van der Waals surface area (Å²) < 4.78 is 7.39. The van der Waals surface area contributed by atoms with Crippen molar-refractivity contribution < 1.29 is 9.53 Å². The number of nitrogens with one attached hydrogen (secondary N) is 1. The molecule has 0 unspecified atom stereocenters. The summed E-state index contributed by atoms with van der Waals surface area (Å²) in [5, 5.41) is 8.12. The minimum atomic E-state index is 0.0595. The van der Waals surface area contributed by atoms with Gasteiger partial charge in [0, 0.05) is 5.56 Å². The van der Waals surface area contributed by atoms with Crippen molar-refractivity contribution in [1.29, 1.82) is 0 Å². The zero-order valence-electron chi connectivity index (χ0n) is 15.3. The molecule has 1 aromatic heterocycles. The molecule has 26 heavy (non-hydrogen) atoms. The lowest BCUT2D eigenvalue weighted by Gasteiger charge is -2.24. The van der Waals surface area contributed by atoms with Crippen molar-refractivity contribution in [1.82, 2.24) is 9.78 Å². The van der Waals surface area contributed by atoms with Crippen LogP contribution in [0.3, 0.4) is 0 Å². The minimum absolute atomic E-state index is 0.0595. The summed E-state index contributed by atoms with van der Waals surface area (Å²) in [5.41, 5.74) is 3.34. The summed E-state index contributed by atoms with van der Waals surface area (Å²) in [7, 11) is 1.68. The van der Waals surface area contributed by atoms with Crippen LogP contribution in [0, 0.1) is 6.92 Å². The molecule has 0 radical (unpaired) electrons. The first-order valence-electron chi connectivity index (χ1n) is 9.32. The number of anilines is 1. The maximum atomic E-state index is 12.4. The van der Waals surface area contributed by atoms with E-state index >= 15 is 0 Å². The topological polar surface area (TPSA) is 56.1 Å². The number of methoxy groups -OCH3 is 1. The number of hydrogen-bond donors (Lipinski definition) is 1. The molecule has 1 aliphatic heterocycles. The normalized spacial score (nSPS) is 21.0. The summed E-state index contributed by atoms with van der Waals surface area (Å²) in [6.07, 6.45) is 6.06. The molecule has 1 aromatic carbocycles. The lowest BCUT2D eigenvalue weighted by atomic mass is 9.95. The largest absolute Gasteiger partial charge is 0.497 e. The van der Waals surface area contributed by atoms with Crippen molar-refractivity contribution in [3.8, 4) is 5.75 Å². The van der Waals surface area contributed by atoms with Crippen LogP contribution in [0.15, 0.2) is 24.3 Å². The fraction of sp³-hybridized carbons (Fsp3) is 0.500. The smallest absolute Gasteiger partial charge is 0.235 e. The Morgan fingerprint density at radius 2 is 1.92 bits per heavy atom. The molecule has 5 nitrogen and oxygen atoms in total. The maximum absolute atomic E-state index is 12.4. The quantitative estimate of drug-likeness (QED) is 0.864. The number of benzene rings is 1. The van der Waals surface area contributed by atoms with Crippen molar-refractivity contribution >= 4 is 23.5 Å². The third-order valence-corrected chi connectivity index (χ3v) is 6.64. The van der Waals surface area contributed by atoms with Gasteiger partial charge in [0.15, 0.2) is 0 Å². The van der Waals surface area contributed by atoms with Gasteiger partial charge in [-0.1, -0.05) is 31.4 Å².